The molecule has 0 amide bonds. The summed E-state index contributed by atoms with van der Waals surface area (Å²) >= 11 is 5.71. The van der Waals surface area contributed by atoms with Crippen molar-refractivity contribution in [3.05, 3.63) is 64.4 Å². The van der Waals surface area contributed by atoms with Gasteiger partial charge in [-0.15, -0.1) is 0 Å². The number of hydrogen-bond donors (Lipinski definition) is 1. The fourth-order valence-electron chi connectivity index (χ4n) is 2.37. The number of methoxy groups -OCH3 is 1. The molecule has 0 fully saturated rings. The van der Waals surface area contributed by atoms with E-state index in [1.54, 1.807) is 13.2 Å². The van der Waals surface area contributed by atoms with Crippen LogP contribution in [0.25, 0.3) is 0 Å². The van der Waals surface area contributed by atoms with E-state index >= 15 is 0 Å². The highest BCUT2D eigenvalue weighted by Crippen LogP contribution is 2.27. The van der Waals surface area contributed by atoms with Crippen LogP contribution >= 0.6 is 11.6 Å². The molecule has 2 rings (SSSR count). The molecule has 2 aromatic carbocycles. The molecule has 4 heteroatoms. The van der Waals surface area contributed by atoms with Crippen molar-refractivity contribution in [1.29, 1.82) is 0 Å². The van der Waals surface area contributed by atoms with Gasteiger partial charge in [0, 0.05) is 17.6 Å². The standard InChI is InChI=1S/C17H19ClFNO/c1-11(13-8-9-15(18)16(19)10-13)20-12(2)14-6-4-5-7-17(14)21-3/h4-12,20H,1-3H3/t11?,12-/m0/s1. The molecule has 2 aromatic rings. The van der Waals surface area contributed by atoms with Crippen LogP contribution in [0, 0.1) is 5.82 Å². The van der Waals surface area contributed by atoms with E-state index in [9.17, 15) is 4.39 Å². The predicted molar refractivity (Wildman–Crippen MR) is 84.4 cm³/mol. The Hall–Kier alpha value is -1.58. The maximum Gasteiger partial charge on any atom is 0.142 e. The average Bonchev–Trinajstić information content (AvgIpc) is 2.49. The molecule has 0 heterocycles. The van der Waals surface area contributed by atoms with Crippen molar-refractivity contribution in [3.63, 3.8) is 0 Å². The third-order valence-electron chi connectivity index (χ3n) is 3.55. The van der Waals surface area contributed by atoms with Crippen molar-refractivity contribution in [2.24, 2.45) is 0 Å². The minimum Gasteiger partial charge on any atom is -0.496 e. The molecule has 2 atom stereocenters. The molecule has 1 unspecified atom stereocenters. The monoisotopic (exact) mass is 307 g/mol. The summed E-state index contributed by atoms with van der Waals surface area (Å²) in [4.78, 5) is 0. The number of para-hydroxylation sites is 1. The van der Waals surface area contributed by atoms with Crippen LogP contribution in [-0.4, -0.2) is 7.11 Å². The third-order valence-corrected chi connectivity index (χ3v) is 3.86. The Morgan fingerprint density at radius 1 is 1.10 bits per heavy atom. The van der Waals surface area contributed by atoms with Crippen molar-refractivity contribution in [2.45, 2.75) is 25.9 Å². The molecule has 0 bridgehead atoms. The first-order valence-electron chi connectivity index (χ1n) is 6.87. The van der Waals surface area contributed by atoms with Crippen molar-refractivity contribution in [3.8, 4) is 5.75 Å². The zero-order valence-electron chi connectivity index (χ0n) is 12.4. The first-order valence-corrected chi connectivity index (χ1v) is 7.24. The van der Waals surface area contributed by atoms with Crippen LogP contribution < -0.4 is 10.1 Å². The van der Waals surface area contributed by atoms with Gasteiger partial charge in [-0.1, -0.05) is 35.9 Å². The van der Waals surface area contributed by atoms with Crippen LogP contribution in [0.3, 0.4) is 0 Å². The number of nitrogens with one attached hydrogen (secondary N) is 1. The smallest absolute Gasteiger partial charge is 0.142 e. The second kappa shape index (κ2) is 6.92. The minimum absolute atomic E-state index is 0.00308. The molecule has 1 N–H and O–H groups in total. The van der Waals surface area contributed by atoms with E-state index in [-0.39, 0.29) is 17.1 Å². The number of benzene rings is 2. The van der Waals surface area contributed by atoms with E-state index in [4.69, 9.17) is 16.3 Å². The molecule has 112 valence electrons. The van der Waals surface area contributed by atoms with Gasteiger partial charge in [0.25, 0.3) is 0 Å². The number of hydrogen-bond acceptors (Lipinski definition) is 2. The third kappa shape index (κ3) is 3.74. The van der Waals surface area contributed by atoms with Gasteiger partial charge >= 0.3 is 0 Å². The Labute approximate surface area is 129 Å². The SMILES string of the molecule is COc1ccccc1[C@H](C)NC(C)c1ccc(Cl)c(F)c1. The second-order valence-corrected chi connectivity index (χ2v) is 5.43. The summed E-state index contributed by atoms with van der Waals surface area (Å²) in [5, 5.41) is 3.59. The van der Waals surface area contributed by atoms with Gasteiger partial charge in [-0.2, -0.15) is 0 Å². The Morgan fingerprint density at radius 3 is 2.48 bits per heavy atom. The first kappa shape index (κ1) is 15.8. The van der Waals surface area contributed by atoms with Crippen LogP contribution in [-0.2, 0) is 0 Å². The molecular weight excluding hydrogens is 289 g/mol. The topological polar surface area (TPSA) is 21.3 Å². The lowest BCUT2D eigenvalue weighted by atomic mass is 10.0. The highest BCUT2D eigenvalue weighted by Gasteiger charge is 2.15. The minimum atomic E-state index is -0.396. The van der Waals surface area contributed by atoms with Gasteiger partial charge < -0.3 is 10.1 Å². The molecule has 0 aliphatic rings. The van der Waals surface area contributed by atoms with E-state index in [1.807, 2.05) is 37.3 Å². The number of ether oxygens (including phenoxy) is 1. The van der Waals surface area contributed by atoms with E-state index in [1.165, 1.54) is 6.07 Å². The molecule has 0 radical (unpaired) electrons. The maximum atomic E-state index is 13.5. The molecule has 0 saturated heterocycles. The van der Waals surface area contributed by atoms with Crippen molar-refractivity contribution in [1.82, 2.24) is 5.32 Å². The second-order valence-electron chi connectivity index (χ2n) is 5.03. The summed E-state index contributed by atoms with van der Waals surface area (Å²) < 4.78 is 18.9. The summed E-state index contributed by atoms with van der Waals surface area (Å²) in [7, 11) is 1.66. The Balaban J connectivity index is 2.14. The summed E-state index contributed by atoms with van der Waals surface area (Å²) in [6.07, 6.45) is 0. The lowest BCUT2D eigenvalue weighted by Gasteiger charge is -2.22. The number of rotatable bonds is 5. The van der Waals surface area contributed by atoms with Crippen molar-refractivity contribution < 1.29 is 9.13 Å². The van der Waals surface area contributed by atoms with Crippen LogP contribution in [0.15, 0.2) is 42.5 Å². The van der Waals surface area contributed by atoms with E-state index in [2.05, 4.69) is 12.2 Å². The fourth-order valence-corrected chi connectivity index (χ4v) is 2.48. The maximum absolute atomic E-state index is 13.5. The van der Waals surface area contributed by atoms with E-state index in [0.29, 0.717) is 0 Å². The summed E-state index contributed by atoms with van der Waals surface area (Å²) in [5.41, 5.74) is 1.93. The Kier molecular flexibility index (Phi) is 5.21. The molecule has 0 aliphatic carbocycles. The van der Waals surface area contributed by atoms with Gasteiger partial charge in [-0.3, -0.25) is 0 Å². The molecule has 21 heavy (non-hydrogen) atoms. The largest absolute Gasteiger partial charge is 0.496 e. The zero-order chi connectivity index (χ0) is 15.4. The van der Waals surface area contributed by atoms with Crippen LogP contribution in [0.2, 0.25) is 5.02 Å². The molecule has 0 aromatic heterocycles. The van der Waals surface area contributed by atoms with E-state index in [0.717, 1.165) is 16.9 Å². The van der Waals surface area contributed by atoms with E-state index < -0.39 is 5.82 Å². The predicted octanol–water partition coefficient (Wildman–Crippen LogP) is 4.90. The molecular formula is C17H19ClFNO. The molecule has 2 nitrogen and oxygen atoms in total. The first-order chi connectivity index (χ1) is 10.0. The molecule has 0 aliphatic heterocycles. The summed E-state index contributed by atoms with van der Waals surface area (Å²) in [5.74, 6) is 0.444. The van der Waals surface area contributed by atoms with Gasteiger partial charge in [0.2, 0.25) is 0 Å². The fraction of sp³-hybridized carbons (Fsp3) is 0.294. The lowest BCUT2D eigenvalue weighted by Crippen LogP contribution is -2.23. The molecule has 0 saturated carbocycles. The highest BCUT2D eigenvalue weighted by atomic mass is 35.5. The lowest BCUT2D eigenvalue weighted by molar-refractivity contribution is 0.396. The molecule has 0 spiro atoms. The zero-order valence-corrected chi connectivity index (χ0v) is 13.1. The Bertz CT molecular complexity index is 617. The Morgan fingerprint density at radius 2 is 1.81 bits per heavy atom. The van der Waals surface area contributed by atoms with Gasteiger partial charge in [-0.25, -0.2) is 4.39 Å². The number of halogens is 2. The van der Waals surface area contributed by atoms with Crippen molar-refractivity contribution >= 4 is 11.6 Å². The van der Waals surface area contributed by atoms with Crippen molar-refractivity contribution in [2.75, 3.05) is 7.11 Å². The van der Waals surface area contributed by atoms with Crippen LogP contribution in [0.5, 0.6) is 5.75 Å². The average molecular weight is 308 g/mol. The highest BCUT2D eigenvalue weighted by molar-refractivity contribution is 6.30. The summed E-state index contributed by atoms with van der Waals surface area (Å²) in [6.45, 7) is 4.05. The normalized spacial score (nSPS) is 13.8. The van der Waals surface area contributed by atoms with Crippen LogP contribution in [0.1, 0.15) is 37.1 Å². The van der Waals surface area contributed by atoms with Gasteiger partial charge in [0.15, 0.2) is 0 Å². The quantitative estimate of drug-likeness (QED) is 0.848. The summed E-state index contributed by atoms with van der Waals surface area (Å²) in [6, 6.07) is 12.8. The van der Waals surface area contributed by atoms with Gasteiger partial charge in [-0.05, 0) is 37.6 Å². The van der Waals surface area contributed by atoms with Gasteiger partial charge in [0.1, 0.15) is 11.6 Å². The van der Waals surface area contributed by atoms with Crippen LogP contribution in [0.4, 0.5) is 4.39 Å². The van der Waals surface area contributed by atoms with Gasteiger partial charge in [0.05, 0.1) is 12.1 Å².